The number of methoxy groups -OCH3 is 1. The van der Waals surface area contributed by atoms with Gasteiger partial charge in [0.15, 0.2) is 0 Å². The van der Waals surface area contributed by atoms with Crippen molar-refractivity contribution in [1.82, 2.24) is 4.72 Å². The van der Waals surface area contributed by atoms with Crippen LogP contribution in [0.15, 0.2) is 24.3 Å². The molecule has 1 aliphatic heterocycles. The predicted molar refractivity (Wildman–Crippen MR) is 85.9 cm³/mol. The second kappa shape index (κ2) is 6.48. The average Bonchev–Trinajstić information content (AvgIpc) is 2.46. The summed E-state index contributed by atoms with van der Waals surface area (Å²) < 4.78 is 25.9. The summed E-state index contributed by atoms with van der Waals surface area (Å²) in [6.07, 6.45) is 0.673. The number of esters is 1. The van der Waals surface area contributed by atoms with E-state index < -0.39 is 21.6 Å². The Morgan fingerprint density at radius 1 is 1.45 bits per heavy atom. The highest BCUT2D eigenvalue weighted by atomic mass is 32.2. The van der Waals surface area contributed by atoms with Crippen LogP contribution in [0.5, 0.6) is 5.75 Å². The average molecular weight is 325 g/mol. The standard InChI is InChI=1S/C16H23NO4S/c1-15(2,3)22(19)17-16(11-14(18)20-4)9-10-21-13-8-6-5-7-12(13)16/h5-8,17H,9-11H2,1-4H3/t16-,22+/m1/s1. The molecule has 0 bridgehead atoms. The van der Waals surface area contributed by atoms with E-state index in [1.807, 2.05) is 45.0 Å². The maximum atomic E-state index is 12.6. The molecule has 2 rings (SSSR count). The Bertz CT molecular complexity index is 543. The lowest BCUT2D eigenvalue weighted by atomic mass is 9.82. The zero-order valence-electron chi connectivity index (χ0n) is 13.5. The number of fused-ring (bicyclic) bond motifs is 1. The second-order valence-electron chi connectivity index (χ2n) is 6.41. The van der Waals surface area contributed by atoms with Gasteiger partial charge in [-0.2, -0.15) is 0 Å². The van der Waals surface area contributed by atoms with Gasteiger partial charge in [-0.3, -0.25) is 4.79 Å². The Morgan fingerprint density at radius 3 is 2.77 bits per heavy atom. The quantitative estimate of drug-likeness (QED) is 0.679. The first-order valence-electron chi connectivity index (χ1n) is 7.27. The molecule has 22 heavy (non-hydrogen) atoms. The minimum Gasteiger partial charge on any atom is -0.598 e. The lowest BCUT2D eigenvalue weighted by Gasteiger charge is -2.40. The van der Waals surface area contributed by atoms with Gasteiger partial charge in [-0.15, -0.1) is 4.72 Å². The molecule has 0 aromatic heterocycles. The van der Waals surface area contributed by atoms with Crippen LogP contribution in [0.1, 0.15) is 39.2 Å². The van der Waals surface area contributed by atoms with Crippen LogP contribution in [0.4, 0.5) is 0 Å². The highest BCUT2D eigenvalue weighted by molar-refractivity contribution is 7.90. The molecule has 0 unspecified atom stereocenters. The lowest BCUT2D eigenvalue weighted by Crippen LogP contribution is -2.54. The summed E-state index contributed by atoms with van der Waals surface area (Å²) >= 11 is -1.31. The second-order valence-corrected chi connectivity index (χ2v) is 8.38. The molecule has 1 heterocycles. The van der Waals surface area contributed by atoms with E-state index in [1.165, 1.54) is 7.11 Å². The van der Waals surface area contributed by atoms with Crippen molar-refractivity contribution < 1.29 is 18.8 Å². The van der Waals surface area contributed by atoms with Gasteiger partial charge >= 0.3 is 5.97 Å². The van der Waals surface area contributed by atoms with Crippen LogP contribution in [-0.4, -0.2) is 29.0 Å². The van der Waals surface area contributed by atoms with Gasteiger partial charge in [0, 0.05) is 23.3 Å². The molecule has 1 aromatic rings. The summed E-state index contributed by atoms with van der Waals surface area (Å²) in [6, 6.07) is 7.54. The molecule has 0 aliphatic carbocycles. The minimum atomic E-state index is -1.31. The zero-order chi connectivity index (χ0) is 16.4. The van der Waals surface area contributed by atoms with Crippen LogP contribution in [0.2, 0.25) is 0 Å². The molecule has 6 heteroatoms. The van der Waals surface area contributed by atoms with Crippen molar-refractivity contribution in [3.63, 3.8) is 0 Å². The van der Waals surface area contributed by atoms with E-state index in [2.05, 4.69) is 4.72 Å². The van der Waals surface area contributed by atoms with E-state index in [4.69, 9.17) is 9.47 Å². The Hall–Kier alpha value is -1.24. The van der Waals surface area contributed by atoms with Crippen molar-refractivity contribution in [3.8, 4) is 5.75 Å². The SMILES string of the molecule is COC(=O)C[C@]1(N[S@@+]([O-])C(C)(C)C)CCOc2ccccc21. The van der Waals surface area contributed by atoms with E-state index in [1.54, 1.807) is 0 Å². The van der Waals surface area contributed by atoms with Gasteiger partial charge < -0.3 is 14.0 Å². The van der Waals surface area contributed by atoms with Crippen LogP contribution in [0, 0.1) is 0 Å². The van der Waals surface area contributed by atoms with Crippen molar-refractivity contribution in [3.05, 3.63) is 29.8 Å². The molecule has 0 fully saturated rings. The smallest absolute Gasteiger partial charge is 0.307 e. The topological polar surface area (TPSA) is 70.6 Å². The number of benzene rings is 1. The molecule has 0 saturated heterocycles. The van der Waals surface area contributed by atoms with E-state index in [0.717, 1.165) is 11.3 Å². The third-order valence-corrected chi connectivity index (χ3v) is 5.40. The van der Waals surface area contributed by atoms with Crippen molar-refractivity contribution in [2.24, 2.45) is 0 Å². The highest BCUT2D eigenvalue weighted by Crippen LogP contribution is 2.40. The minimum absolute atomic E-state index is 0.117. The fourth-order valence-electron chi connectivity index (χ4n) is 2.43. The summed E-state index contributed by atoms with van der Waals surface area (Å²) in [7, 11) is 1.36. The van der Waals surface area contributed by atoms with E-state index in [9.17, 15) is 9.35 Å². The largest absolute Gasteiger partial charge is 0.598 e. The third kappa shape index (κ3) is 3.56. The number of hydrogen-bond acceptors (Lipinski definition) is 5. The molecule has 1 N–H and O–H groups in total. The molecule has 122 valence electrons. The van der Waals surface area contributed by atoms with Crippen molar-refractivity contribution >= 4 is 17.3 Å². The van der Waals surface area contributed by atoms with Crippen LogP contribution in [-0.2, 0) is 26.4 Å². The zero-order valence-corrected chi connectivity index (χ0v) is 14.3. The molecule has 0 saturated carbocycles. The van der Waals surface area contributed by atoms with Crippen LogP contribution in [0.25, 0.3) is 0 Å². The maximum Gasteiger partial charge on any atom is 0.307 e. The van der Waals surface area contributed by atoms with Gasteiger partial charge in [0.2, 0.25) is 0 Å². The Morgan fingerprint density at radius 2 is 2.14 bits per heavy atom. The van der Waals surface area contributed by atoms with Crippen molar-refractivity contribution in [2.75, 3.05) is 13.7 Å². The third-order valence-electron chi connectivity index (χ3n) is 3.71. The molecular weight excluding hydrogens is 302 g/mol. The number of ether oxygens (including phenoxy) is 2. The number of nitrogens with one attached hydrogen (secondary N) is 1. The van der Waals surface area contributed by atoms with Gasteiger partial charge in [0.1, 0.15) is 16.0 Å². The number of rotatable bonds is 4. The first-order chi connectivity index (χ1) is 10.3. The fourth-order valence-corrected chi connectivity index (χ4v) is 3.38. The Kier molecular flexibility index (Phi) is 5.04. The molecule has 1 aliphatic rings. The van der Waals surface area contributed by atoms with Gasteiger partial charge in [0.05, 0.1) is 20.1 Å². The van der Waals surface area contributed by atoms with Crippen molar-refractivity contribution in [2.45, 2.75) is 43.9 Å². The Labute approximate surface area is 134 Å². The van der Waals surface area contributed by atoms with E-state index in [-0.39, 0.29) is 12.4 Å². The molecule has 0 spiro atoms. The van der Waals surface area contributed by atoms with Crippen LogP contribution < -0.4 is 9.46 Å². The summed E-state index contributed by atoms with van der Waals surface area (Å²) in [6.45, 7) is 6.15. The normalized spacial score (nSPS) is 22.4. The molecule has 2 atom stereocenters. The molecule has 0 amide bonds. The summed E-state index contributed by atoms with van der Waals surface area (Å²) in [5, 5.41) is 0. The number of hydrogen-bond donors (Lipinski definition) is 1. The van der Waals surface area contributed by atoms with Crippen LogP contribution >= 0.6 is 0 Å². The first-order valence-corrected chi connectivity index (χ1v) is 8.42. The Balaban J connectivity index is 2.41. The van der Waals surface area contributed by atoms with Gasteiger partial charge in [-0.25, -0.2) is 0 Å². The molecular formula is C16H23NO4S. The maximum absolute atomic E-state index is 12.6. The first kappa shape index (κ1) is 17.1. The van der Waals surface area contributed by atoms with Gasteiger partial charge in [-0.1, -0.05) is 18.2 Å². The molecule has 1 aromatic carbocycles. The highest BCUT2D eigenvalue weighted by Gasteiger charge is 2.45. The van der Waals surface area contributed by atoms with Crippen molar-refractivity contribution in [1.29, 1.82) is 0 Å². The van der Waals surface area contributed by atoms with Crippen LogP contribution in [0.3, 0.4) is 0 Å². The summed E-state index contributed by atoms with van der Waals surface area (Å²) in [5.74, 6) is 0.381. The molecule has 0 radical (unpaired) electrons. The fraction of sp³-hybridized carbons (Fsp3) is 0.562. The summed E-state index contributed by atoms with van der Waals surface area (Å²) in [4.78, 5) is 11.9. The molecule has 5 nitrogen and oxygen atoms in total. The van der Waals surface area contributed by atoms with Gasteiger partial charge in [-0.05, 0) is 26.8 Å². The number of carbonyl (C=O) groups is 1. The van der Waals surface area contributed by atoms with E-state index >= 15 is 0 Å². The summed E-state index contributed by atoms with van der Waals surface area (Å²) in [5.41, 5.74) is 0.115. The van der Waals surface area contributed by atoms with E-state index in [0.29, 0.717) is 13.0 Å². The number of para-hydroxylation sites is 1. The van der Waals surface area contributed by atoms with Gasteiger partial charge in [0.25, 0.3) is 0 Å². The predicted octanol–water partition coefficient (Wildman–Crippen LogP) is 2.28. The monoisotopic (exact) mass is 325 g/mol. The number of carbonyl (C=O) groups excluding carboxylic acids is 1. The lowest BCUT2D eigenvalue weighted by molar-refractivity contribution is -0.142.